The Morgan fingerprint density at radius 2 is 1.84 bits per heavy atom. The molecule has 0 aromatic heterocycles. The lowest BCUT2D eigenvalue weighted by molar-refractivity contribution is 0.0697. The van der Waals surface area contributed by atoms with Gasteiger partial charge in [0.15, 0.2) is 0 Å². The SMILES string of the molecule is C1C[CH2][AlH][O]C1.CC(C)(C)c1ccc(C(=O)O)cc1. The second-order valence-corrected chi connectivity index (χ2v) is 7.33. The van der Waals surface area contributed by atoms with E-state index in [-0.39, 0.29) is 21.0 Å². The minimum absolute atomic E-state index is 0.00849. The van der Waals surface area contributed by atoms with E-state index in [1.165, 1.54) is 18.1 Å². The molecule has 3 nitrogen and oxygen atoms in total. The van der Waals surface area contributed by atoms with Crippen LogP contribution in [0.3, 0.4) is 0 Å². The summed E-state index contributed by atoms with van der Waals surface area (Å²) in [5.41, 5.74) is 1.57. The molecule has 1 N–H and O–H groups in total. The fraction of sp³-hybridized carbons (Fsp3) is 0.533. The van der Waals surface area contributed by atoms with Gasteiger partial charge in [-0.15, -0.1) is 0 Å². The Morgan fingerprint density at radius 1 is 1.21 bits per heavy atom. The van der Waals surface area contributed by atoms with E-state index in [9.17, 15) is 4.79 Å². The predicted octanol–water partition coefficient (Wildman–Crippen LogP) is 3.25. The van der Waals surface area contributed by atoms with Gasteiger partial charge in [-0.3, -0.25) is 0 Å². The van der Waals surface area contributed by atoms with Gasteiger partial charge in [0.05, 0.1) is 5.56 Å². The van der Waals surface area contributed by atoms with Crippen LogP contribution < -0.4 is 0 Å². The van der Waals surface area contributed by atoms with Crippen molar-refractivity contribution in [2.45, 2.75) is 44.3 Å². The van der Waals surface area contributed by atoms with Crippen LogP contribution in [0.15, 0.2) is 24.3 Å². The zero-order chi connectivity index (χ0) is 14.3. The molecule has 2 rings (SSSR count). The van der Waals surface area contributed by atoms with E-state index >= 15 is 0 Å². The van der Waals surface area contributed by atoms with Crippen molar-refractivity contribution >= 4 is 21.5 Å². The largest absolute Gasteiger partial charge is 0.503 e. The van der Waals surface area contributed by atoms with E-state index in [1.54, 1.807) is 12.1 Å². The van der Waals surface area contributed by atoms with E-state index in [1.807, 2.05) is 12.1 Å². The number of carboxylic acids is 1. The lowest BCUT2D eigenvalue weighted by Crippen LogP contribution is -2.11. The molecule has 1 aliphatic rings. The number of carboxylic acid groups (broad SMARTS) is 1. The van der Waals surface area contributed by atoms with E-state index < -0.39 is 5.97 Å². The van der Waals surface area contributed by atoms with Crippen LogP contribution >= 0.6 is 0 Å². The molecule has 1 aliphatic heterocycles. The molecule has 1 saturated heterocycles. The summed E-state index contributed by atoms with van der Waals surface area (Å²) in [4.78, 5) is 10.6. The van der Waals surface area contributed by atoms with E-state index in [2.05, 4.69) is 20.8 Å². The Hall–Kier alpha value is -0.818. The van der Waals surface area contributed by atoms with Crippen LogP contribution in [0.25, 0.3) is 0 Å². The molecule has 1 aromatic rings. The van der Waals surface area contributed by atoms with Crippen LogP contribution in [0, 0.1) is 0 Å². The van der Waals surface area contributed by atoms with Crippen LogP contribution in [0.5, 0.6) is 0 Å². The standard InChI is InChI=1S/C11H14O2.C4H8O.Al.H/c1-11(2,3)9-6-4-8(5-7-9)10(12)13;1-2-3-4-5;;/h4-7H,1-3H3,(H,12,13);1-4H2;;/q;-1;+1;. The summed E-state index contributed by atoms with van der Waals surface area (Å²) in [7, 11) is 0. The highest BCUT2D eigenvalue weighted by Gasteiger charge is 2.13. The van der Waals surface area contributed by atoms with Gasteiger partial charge >= 0.3 is 21.5 Å². The third kappa shape index (κ3) is 6.25. The molecule has 0 spiro atoms. The van der Waals surface area contributed by atoms with Gasteiger partial charge in [-0.25, -0.2) is 4.79 Å². The van der Waals surface area contributed by atoms with E-state index in [0.29, 0.717) is 5.56 Å². The van der Waals surface area contributed by atoms with Crippen molar-refractivity contribution < 1.29 is 13.7 Å². The smallest absolute Gasteiger partial charge is 0.435 e. The summed E-state index contributed by atoms with van der Waals surface area (Å²) >= 11 is 0.00849. The second-order valence-electron chi connectivity index (χ2n) is 5.81. The first-order valence-electron chi connectivity index (χ1n) is 6.83. The molecule has 19 heavy (non-hydrogen) atoms. The fourth-order valence-electron chi connectivity index (χ4n) is 1.80. The molecule has 104 valence electrons. The summed E-state index contributed by atoms with van der Waals surface area (Å²) < 4.78 is 5.21. The fourth-order valence-corrected chi connectivity index (χ4v) is 2.97. The topological polar surface area (TPSA) is 46.5 Å². The van der Waals surface area contributed by atoms with Gasteiger partial charge in [-0.05, 0) is 29.5 Å². The maximum absolute atomic E-state index is 10.6. The molecule has 0 atom stereocenters. The third-order valence-electron chi connectivity index (χ3n) is 3.08. The number of rotatable bonds is 1. The van der Waals surface area contributed by atoms with Crippen LogP contribution in [0.4, 0.5) is 0 Å². The molecule has 1 fully saturated rings. The van der Waals surface area contributed by atoms with Crippen LogP contribution in [0.1, 0.15) is 49.5 Å². The third-order valence-corrected chi connectivity index (χ3v) is 4.44. The molecular formula is C15H23AlO3. The molecule has 0 aliphatic carbocycles. The van der Waals surface area contributed by atoms with Crippen molar-refractivity contribution in [1.82, 2.24) is 0 Å². The molecule has 0 bridgehead atoms. The average molecular weight is 278 g/mol. The van der Waals surface area contributed by atoms with Crippen molar-refractivity contribution in [1.29, 1.82) is 0 Å². The number of carbonyl (C=O) groups is 1. The quantitative estimate of drug-likeness (QED) is 0.802. The van der Waals surface area contributed by atoms with Crippen molar-refractivity contribution in [3.05, 3.63) is 35.4 Å². The van der Waals surface area contributed by atoms with Crippen molar-refractivity contribution in [3.8, 4) is 0 Å². The lowest BCUT2D eigenvalue weighted by atomic mass is 9.87. The van der Waals surface area contributed by atoms with Gasteiger partial charge in [0, 0.05) is 6.61 Å². The summed E-state index contributed by atoms with van der Waals surface area (Å²) in [6.07, 6.45) is 2.75. The van der Waals surface area contributed by atoms with Gasteiger partial charge in [-0.2, -0.15) is 0 Å². The van der Waals surface area contributed by atoms with Gasteiger partial charge in [0.2, 0.25) is 0 Å². The molecule has 0 saturated carbocycles. The Bertz CT molecular complexity index is 377. The van der Waals surface area contributed by atoms with Crippen LogP contribution in [-0.4, -0.2) is 33.2 Å². The minimum Gasteiger partial charge on any atom is -0.503 e. The van der Waals surface area contributed by atoms with Gasteiger partial charge < -0.3 is 8.90 Å². The second kappa shape index (κ2) is 7.69. The zero-order valence-electron chi connectivity index (χ0n) is 12.1. The first-order valence-corrected chi connectivity index (χ1v) is 8.40. The van der Waals surface area contributed by atoms with Gasteiger partial charge in [0.1, 0.15) is 0 Å². The summed E-state index contributed by atoms with van der Waals surface area (Å²) in [5, 5.41) is 10.1. The van der Waals surface area contributed by atoms with E-state index in [0.717, 1.165) is 12.2 Å². The molecule has 0 radical (unpaired) electrons. The van der Waals surface area contributed by atoms with E-state index in [4.69, 9.17) is 8.90 Å². The monoisotopic (exact) mass is 278 g/mol. The van der Waals surface area contributed by atoms with Crippen molar-refractivity contribution in [3.63, 3.8) is 0 Å². The number of benzene rings is 1. The number of aromatic carboxylic acids is 1. The van der Waals surface area contributed by atoms with Gasteiger partial charge in [0.25, 0.3) is 0 Å². The first-order chi connectivity index (χ1) is 8.91. The lowest BCUT2D eigenvalue weighted by Gasteiger charge is -2.18. The predicted molar refractivity (Wildman–Crippen MR) is 79.2 cm³/mol. The minimum atomic E-state index is -0.875. The Balaban J connectivity index is 0.000000250. The highest BCUT2D eigenvalue weighted by molar-refractivity contribution is 6.27. The molecular weight excluding hydrogens is 255 g/mol. The maximum atomic E-state index is 10.6. The average Bonchev–Trinajstić information content (AvgIpc) is 2.40. The normalized spacial score (nSPS) is 14.9. The molecule has 4 heteroatoms. The Labute approximate surface area is 122 Å². The summed E-state index contributed by atoms with van der Waals surface area (Å²) in [6, 6.07) is 7.01. The maximum Gasteiger partial charge on any atom is 0.435 e. The number of hydrogen-bond acceptors (Lipinski definition) is 2. The van der Waals surface area contributed by atoms with Crippen LogP contribution in [0.2, 0.25) is 5.28 Å². The summed E-state index contributed by atoms with van der Waals surface area (Å²) in [6.45, 7) is 7.36. The highest BCUT2D eigenvalue weighted by Crippen LogP contribution is 2.21. The van der Waals surface area contributed by atoms with Crippen LogP contribution in [-0.2, 0) is 9.20 Å². The number of hydrogen-bond donors (Lipinski definition) is 1. The van der Waals surface area contributed by atoms with Crippen molar-refractivity contribution in [2.24, 2.45) is 0 Å². The molecule has 0 amide bonds. The Kier molecular flexibility index (Phi) is 6.58. The molecule has 1 aromatic carbocycles. The Morgan fingerprint density at radius 3 is 2.11 bits per heavy atom. The molecule has 0 unspecified atom stereocenters. The van der Waals surface area contributed by atoms with Crippen molar-refractivity contribution in [2.75, 3.05) is 6.61 Å². The first kappa shape index (κ1) is 16.2. The summed E-state index contributed by atoms with van der Waals surface area (Å²) in [5.74, 6) is -0.875. The zero-order valence-corrected chi connectivity index (χ0v) is 13.5. The van der Waals surface area contributed by atoms with Gasteiger partial charge in [-0.1, -0.05) is 44.6 Å². The molecule has 1 heterocycles. The highest BCUT2D eigenvalue weighted by atomic mass is 27.1.